The van der Waals surface area contributed by atoms with E-state index in [-0.39, 0.29) is 40.9 Å². The van der Waals surface area contributed by atoms with Crippen molar-refractivity contribution in [3.63, 3.8) is 0 Å². The minimum absolute atomic E-state index is 0.0212. The number of hydrogen-bond donors (Lipinski definition) is 3. The Labute approximate surface area is 417 Å². The highest BCUT2D eigenvalue weighted by Crippen LogP contribution is 2.64. The van der Waals surface area contributed by atoms with Gasteiger partial charge in [-0.25, -0.2) is 14.4 Å². The van der Waals surface area contributed by atoms with E-state index in [9.17, 15) is 34.2 Å². The largest absolute Gasteiger partial charge is 0.509 e. The lowest BCUT2D eigenvalue weighted by molar-refractivity contribution is -0.346. The molecule has 2 bridgehead atoms. The van der Waals surface area contributed by atoms with Crippen LogP contribution in [0.3, 0.4) is 0 Å². The maximum Gasteiger partial charge on any atom is 0.509 e. The van der Waals surface area contributed by atoms with Gasteiger partial charge in [0.15, 0.2) is 17.5 Å². The smallest absolute Gasteiger partial charge is 0.455 e. The van der Waals surface area contributed by atoms with Gasteiger partial charge in [0.2, 0.25) is 9.90 Å². The summed E-state index contributed by atoms with van der Waals surface area (Å²) in [5.41, 5.74) is -7.83. The van der Waals surface area contributed by atoms with Crippen LogP contribution < -0.4 is 5.32 Å². The number of ketones is 1. The van der Waals surface area contributed by atoms with E-state index in [0.717, 1.165) is 13.8 Å². The van der Waals surface area contributed by atoms with Crippen LogP contribution in [0, 0.1) is 16.7 Å². The summed E-state index contributed by atoms with van der Waals surface area (Å²) in [6.07, 6.45) is -12.7. The number of amides is 1. The molecule has 1 heterocycles. The van der Waals surface area contributed by atoms with Gasteiger partial charge in [0.1, 0.15) is 36.6 Å². The SMILES string of the molecule is CC(=O)O[C@H]1C(=O)[C@@]2(C)C(C(OC(=O)c3ccccc3)[C@]3(O)CC(OC(=O)C(OC(=O)OCC(Cl)(Cl)Cl)[C@@H](NC(=O)c4ccccc4)c4ccccc4)C(C)=C1C3(C)C)[C@]1(OC(C)=O)COC1C[C@@H]2O. The monoisotopic (exact) mass is 1030 g/mol. The predicted octanol–water partition coefficient (Wildman–Crippen LogP) is 6.27. The summed E-state index contributed by atoms with van der Waals surface area (Å²) >= 11 is 17.6. The average Bonchev–Trinajstić information content (AvgIpc) is 3.30. The van der Waals surface area contributed by atoms with E-state index < -0.39 is 129 Å². The van der Waals surface area contributed by atoms with Crippen LogP contribution in [-0.2, 0) is 52.3 Å². The second-order valence-electron chi connectivity index (χ2n) is 18.6. The van der Waals surface area contributed by atoms with Gasteiger partial charge in [-0.1, -0.05) is 115 Å². The summed E-state index contributed by atoms with van der Waals surface area (Å²) < 4.78 is 39.2. The number of fused-ring (bicyclic) bond motifs is 5. The van der Waals surface area contributed by atoms with Crippen molar-refractivity contribution in [2.75, 3.05) is 13.2 Å². The van der Waals surface area contributed by atoms with E-state index in [4.69, 9.17) is 68.0 Å². The molecule has 2 saturated carbocycles. The number of hydrogen-bond acceptors (Lipinski definition) is 16. The minimum atomic E-state index is -2.51. The Bertz CT molecular complexity index is 2560. The van der Waals surface area contributed by atoms with Crippen LogP contribution in [0.4, 0.5) is 4.79 Å². The molecule has 7 rings (SSSR count). The number of benzene rings is 3. The van der Waals surface area contributed by atoms with Crippen molar-refractivity contribution in [3.05, 3.63) is 119 Å². The second kappa shape index (κ2) is 19.9. The Kier molecular flexibility index (Phi) is 14.9. The van der Waals surface area contributed by atoms with Gasteiger partial charge in [0.05, 0.1) is 29.6 Å². The first-order chi connectivity index (χ1) is 32.9. The Morgan fingerprint density at radius 3 is 1.97 bits per heavy atom. The van der Waals surface area contributed by atoms with Crippen molar-refractivity contribution < 1.29 is 76.9 Å². The van der Waals surface area contributed by atoms with Crippen molar-refractivity contribution in [2.45, 2.75) is 112 Å². The molecule has 1 aliphatic heterocycles. The number of ether oxygens (including phenoxy) is 7. The van der Waals surface area contributed by atoms with Gasteiger partial charge in [0, 0.05) is 37.7 Å². The van der Waals surface area contributed by atoms with Crippen molar-refractivity contribution in [3.8, 4) is 0 Å². The van der Waals surface area contributed by atoms with Crippen LogP contribution in [0.2, 0.25) is 0 Å². The normalized spacial score (nSPS) is 29.7. The molecule has 3 fully saturated rings. The zero-order chi connectivity index (χ0) is 51.1. The summed E-state index contributed by atoms with van der Waals surface area (Å²) in [6, 6.07) is 22.0. The van der Waals surface area contributed by atoms with Crippen LogP contribution in [0.15, 0.2) is 102 Å². The molecular formula is C50H52Cl3NO16. The summed E-state index contributed by atoms with van der Waals surface area (Å²) in [5, 5.41) is 28.8. The molecular weight excluding hydrogens is 977 g/mol. The molecule has 0 radical (unpaired) electrons. The molecule has 17 nitrogen and oxygen atoms in total. The number of alkyl halides is 3. The Hall–Kier alpha value is -5.56. The highest BCUT2D eigenvalue weighted by Gasteiger charge is 2.78. The predicted molar refractivity (Wildman–Crippen MR) is 248 cm³/mol. The van der Waals surface area contributed by atoms with E-state index in [2.05, 4.69) is 5.32 Å². The molecule has 70 heavy (non-hydrogen) atoms. The fourth-order valence-electron chi connectivity index (χ4n) is 10.6. The van der Waals surface area contributed by atoms with E-state index >= 15 is 9.59 Å². The van der Waals surface area contributed by atoms with Gasteiger partial charge in [-0.05, 0) is 54.8 Å². The van der Waals surface area contributed by atoms with Crippen LogP contribution in [0.25, 0.3) is 0 Å². The molecule has 0 aromatic heterocycles. The van der Waals surface area contributed by atoms with Crippen molar-refractivity contribution in [2.24, 2.45) is 16.7 Å². The number of aliphatic hydroxyl groups is 2. The number of esters is 4. The molecule has 0 spiro atoms. The molecule has 1 amide bonds. The molecule has 374 valence electrons. The fourth-order valence-corrected chi connectivity index (χ4v) is 10.7. The third-order valence-corrected chi connectivity index (χ3v) is 14.4. The first-order valence-corrected chi connectivity index (χ1v) is 23.4. The number of carbonyl (C=O) groups is 7. The zero-order valence-electron chi connectivity index (χ0n) is 38.9. The summed E-state index contributed by atoms with van der Waals surface area (Å²) in [7, 11) is 0. The molecule has 3 aliphatic carbocycles. The molecule has 4 aliphatic rings. The maximum atomic E-state index is 15.7. The Morgan fingerprint density at radius 2 is 1.43 bits per heavy atom. The first-order valence-electron chi connectivity index (χ1n) is 22.3. The summed E-state index contributed by atoms with van der Waals surface area (Å²) in [4.78, 5) is 98.8. The van der Waals surface area contributed by atoms with E-state index in [1.165, 1.54) is 64.1 Å². The third kappa shape index (κ3) is 9.76. The van der Waals surface area contributed by atoms with Gasteiger partial charge in [0.25, 0.3) is 5.91 Å². The Morgan fingerprint density at radius 1 is 0.843 bits per heavy atom. The first kappa shape index (κ1) is 52.3. The van der Waals surface area contributed by atoms with Gasteiger partial charge < -0.3 is 48.7 Å². The van der Waals surface area contributed by atoms with Gasteiger partial charge >= 0.3 is 30.0 Å². The number of nitrogens with one attached hydrogen (secondary N) is 1. The molecule has 3 N–H and O–H groups in total. The van der Waals surface area contributed by atoms with Gasteiger partial charge in [-0.3, -0.25) is 19.2 Å². The highest BCUT2D eigenvalue weighted by molar-refractivity contribution is 6.67. The second-order valence-corrected chi connectivity index (χ2v) is 21.1. The van der Waals surface area contributed by atoms with Gasteiger partial charge in [-0.15, -0.1) is 0 Å². The molecule has 3 aromatic rings. The number of carbonyl (C=O) groups excluding carboxylic acids is 7. The maximum absolute atomic E-state index is 15.7. The van der Waals surface area contributed by atoms with Gasteiger partial charge in [-0.2, -0.15) is 0 Å². The lowest BCUT2D eigenvalue weighted by atomic mass is 9.44. The highest BCUT2D eigenvalue weighted by atomic mass is 35.6. The minimum Gasteiger partial charge on any atom is -0.455 e. The van der Waals surface area contributed by atoms with E-state index in [0.29, 0.717) is 0 Å². The van der Waals surface area contributed by atoms with Crippen LogP contribution in [0.5, 0.6) is 0 Å². The topological polar surface area (TPSA) is 237 Å². The fraction of sp³-hybridized carbons (Fsp3) is 0.460. The number of aliphatic hydroxyl groups excluding tert-OH is 1. The van der Waals surface area contributed by atoms with Crippen LogP contribution >= 0.6 is 34.8 Å². The average molecular weight is 1030 g/mol. The molecule has 5 unspecified atom stereocenters. The van der Waals surface area contributed by atoms with E-state index in [1.807, 2.05) is 0 Å². The quantitative estimate of drug-likeness (QED) is 0.0785. The molecule has 11 atom stereocenters. The van der Waals surface area contributed by atoms with E-state index in [1.54, 1.807) is 54.6 Å². The molecule has 1 saturated heterocycles. The molecule has 20 heteroatoms. The van der Waals surface area contributed by atoms with Crippen molar-refractivity contribution >= 4 is 76.5 Å². The molecule has 3 aromatic carbocycles. The Balaban J connectivity index is 1.42. The van der Waals surface area contributed by atoms with Crippen LogP contribution in [-0.4, -0.2) is 117 Å². The zero-order valence-corrected chi connectivity index (χ0v) is 41.1. The lowest BCUT2D eigenvalue weighted by Gasteiger charge is -2.67. The third-order valence-electron chi connectivity index (χ3n) is 14.0. The van der Waals surface area contributed by atoms with Crippen molar-refractivity contribution in [1.29, 1.82) is 0 Å². The van der Waals surface area contributed by atoms with Crippen LogP contribution in [0.1, 0.15) is 86.7 Å². The number of Topliss-reactive ketones (excluding diaryl/α,β-unsaturated/α-hetero) is 1. The van der Waals surface area contributed by atoms with Crippen molar-refractivity contribution in [1.82, 2.24) is 5.32 Å². The number of rotatable bonds is 12. The summed E-state index contributed by atoms with van der Waals surface area (Å²) in [6.45, 7) is 6.85. The number of halogens is 3. The standard InChI is InChI=1S/C50H52Cl3NO16/c1-26-32(67-44(61)38(68-45(62)65-25-50(51,52)53)36(29-16-10-7-11-17-29)54-42(59)30-18-12-8-13-19-30)23-49(63)41(69-43(60)31-20-14-9-15-21-31)39-47(6,33(57)22-34-48(39,24-64-34)70-28(3)56)40(58)37(66-27(2)55)35(26)46(49,4)5/h7-21,32-34,36-39,41,57,63H,22-25H2,1-6H3,(H,54,59)/t32?,33-,34?,36-,37+,38?,39?,41?,47+,48-,49+/m0/s1. The lowest BCUT2D eigenvalue weighted by Crippen LogP contribution is -2.82. The summed E-state index contributed by atoms with van der Waals surface area (Å²) in [5.74, 6) is -7.36.